The summed E-state index contributed by atoms with van der Waals surface area (Å²) in [4.78, 5) is 4.64. The first-order chi connectivity index (χ1) is 9.79. The van der Waals surface area contributed by atoms with Gasteiger partial charge < -0.3 is 14.1 Å². The van der Waals surface area contributed by atoms with Crippen LogP contribution in [0, 0.1) is 0 Å². The third-order valence-electron chi connectivity index (χ3n) is 3.43. The molecule has 0 radical (unpaired) electrons. The summed E-state index contributed by atoms with van der Waals surface area (Å²) in [5, 5.41) is 10.2. The number of para-hydroxylation sites is 2. The number of nitrogens with zero attached hydrogens (tertiary/aromatic N) is 2. The first kappa shape index (κ1) is 12.9. The number of imidazole rings is 1. The number of aryl methyl sites for hydroxylation is 1. The molecule has 0 saturated carbocycles. The van der Waals surface area contributed by atoms with Gasteiger partial charge in [0.05, 0.1) is 17.3 Å². The van der Waals surface area contributed by atoms with E-state index in [4.69, 9.17) is 4.42 Å². The number of furan rings is 1. The lowest BCUT2D eigenvalue weighted by Crippen LogP contribution is -2.08. The minimum atomic E-state index is -0.655. The zero-order chi connectivity index (χ0) is 13.9. The summed E-state index contributed by atoms with van der Waals surface area (Å²) in [5.41, 5.74) is 2.10. The number of rotatable bonds is 5. The summed E-state index contributed by atoms with van der Waals surface area (Å²) in [7, 11) is 0. The second-order valence-corrected chi connectivity index (χ2v) is 4.90. The fourth-order valence-electron chi connectivity index (χ4n) is 2.51. The zero-order valence-corrected chi connectivity index (χ0v) is 11.5. The Bertz CT molecular complexity index is 686. The van der Waals surface area contributed by atoms with Gasteiger partial charge in [-0.2, -0.15) is 0 Å². The van der Waals surface area contributed by atoms with Crippen molar-refractivity contribution >= 4 is 11.0 Å². The van der Waals surface area contributed by atoms with Crippen LogP contribution in [-0.2, 0) is 13.0 Å². The number of hydrogen-bond donors (Lipinski definition) is 1. The minimum Gasteiger partial charge on any atom is -0.467 e. The van der Waals surface area contributed by atoms with E-state index in [0.717, 1.165) is 29.8 Å². The first-order valence-electron chi connectivity index (χ1n) is 6.95. The van der Waals surface area contributed by atoms with Crippen LogP contribution in [0.5, 0.6) is 0 Å². The molecule has 0 fully saturated rings. The van der Waals surface area contributed by atoms with E-state index in [-0.39, 0.29) is 0 Å². The number of aromatic nitrogens is 2. The summed E-state index contributed by atoms with van der Waals surface area (Å²) in [6, 6.07) is 11.7. The molecule has 0 bridgehead atoms. The summed E-state index contributed by atoms with van der Waals surface area (Å²) in [5.74, 6) is 1.48. The van der Waals surface area contributed by atoms with Crippen molar-refractivity contribution in [2.24, 2.45) is 0 Å². The molecule has 1 unspecified atom stereocenters. The average Bonchev–Trinajstić information content (AvgIpc) is 3.08. The molecule has 0 amide bonds. The van der Waals surface area contributed by atoms with Crippen molar-refractivity contribution in [1.29, 1.82) is 0 Å². The van der Waals surface area contributed by atoms with Crippen LogP contribution in [-0.4, -0.2) is 14.7 Å². The molecule has 0 aliphatic rings. The van der Waals surface area contributed by atoms with Gasteiger partial charge in [-0.1, -0.05) is 19.1 Å². The molecular formula is C16H18N2O2. The lowest BCUT2D eigenvalue weighted by atomic mass is 10.2. The Morgan fingerprint density at radius 2 is 2.10 bits per heavy atom. The summed E-state index contributed by atoms with van der Waals surface area (Å²) in [6.07, 6.45) is 2.41. The molecule has 0 aliphatic heterocycles. The lowest BCUT2D eigenvalue weighted by Gasteiger charge is -2.10. The van der Waals surface area contributed by atoms with E-state index in [2.05, 4.69) is 22.5 Å². The topological polar surface area (TPSA) is 51.2 Å². The van der Waals surface area contributed by atoms with E-state index in [0.29, 0.717) is 12.2 Å². The number of aliphatic hydroxyl groups is 1. The summed E-state index contributed by atoms with van der Waals surface area (Å²) >= 11 is 0. The van der Waals surface area contributed by atoms with E-state index < -0.39 is 6.10 Å². The fraction of sp³-hybridized carbons (Fsp3) is 0.312. The highest BCUT2D eigenvalue weighted by Crippen LogP contribution is 2.22. The highest BCUT2D eigenvalue weighted by Gasteiger charge is 2.17. The van der Waals surface area contributed by atoms with Gasteiger partial charge in [-0.15, -0.1) is 0 Å². The van der Waals surface area contributed by atoms with Gasteiger partial charge in [-0.05, 0) is 30.7 Å². The molecular weight excluding hydrogens is 252 g/mol. The molecule has 2 aromatic heterocycles. The molecule has 20 heavy (non-hydrogen) atoms. The van der Waals surface area contributed by atoms with Crippen LogP contribution < -0.4 is 0 Å². The van der Waals surface area contributed by atoms with Crippen molar-refractivity contribution < 1.29 is 9.52 Å². The van der Waals surface area contributed by atoms with Crippen LogP contribution in [0.4, 0.5) is 0 Å². The average molecular weight is 270 g/mol. The normalized spacial score (nSPS) is 12.9. The highest BCUT2D eigenvalue weighted by atomic mass is 16.4. The molecule has 1 atom stereocenters. The Morgan fingerprint density at radius 3 is 2.85 bits per heavy atom. The predicted molar refractivity (Wildman–Crippen MR) is 77.4 cm³/mol. The van der Waals surface area contributed by atoms with Gasteiger partial charge in [0.2, 0.25) is 0 Å². The lowest BCUT2D eigenvalue weighted by molar-refractivity contribution is 0.147. The molecule has 2 heterocycles. The summed E-state index contributed by atoms with van der Waals surface area (Å²) < 4.78 is 7.44. The Morgan fingerprint density at radius 1 is 1.25 bits per heavy atom. The fourth-order valence-corrected chi connectivity index (χ4v) is 2.51. The minimum absolute atomic E-state index is 0.461. The maximum Gasteiger partial charge on any atom is 0.132 e. The SMILES string of the molecule is CCCn1c(CC(O)c2ccco2)nc2ccccc21. The third-order valence-corrected chi connectivity index (χ3v) is 3.43. The van der Waals surface area contributed by atoms with E-state index in [1.54, 1.807) is 18.4 Å². The van der Waals surface area contributed by atoms with Gasteiger partial charge in [0.15, 0.2) is 0 Å². The zero-order valence-electron chi connectivity index (χ0n) is 11.5. The van der Waals surface area contributed by atoms with Gasteiger partial charge in [-0.25, -0.2) is 4.98 Å². The molecule has 1 N–H and O–H groups in total. The van der Waals surface area contributed by atoms with Crippen molar-refractivity contribution in [2.45, 2.75) is 32.4 Å². The smallest absolute Gasteiger partial charge is 0.132 e. The second-order valence-electron chi connectivity index (χ2n) is 4.90. The maximum atomic E-state index is 10.2. The molecule has 3 aromatic rings. The van der Waals surface area contributed by atoms with Crippen molar-refractivity contribution in [3.05, 3.63) is 54.2 Å². The Hall–Kier alpha value is -2.07. The van der Waals surface area contributed by atoms with Gasteiger partial charge in [0.1, 0.15) is 17.7 Å². The number of aliphatic hydroxyl groups excluding tert-OH is 1. The van der Waals surface area contributed by atoms with Crippen LogP contribution in [0.2, 0.25) is 0 Å². The van der Waals surface area contributed by atoms with Crippen molar-refractivity contribution in [3.63, 3.8) is 0 Å². The van der Waals surface area contributed by atoms with Crippen LogP contribution in [0.1, 0.15) is 31.0 Å². The maximum absolute atomic E-state index is 10.2. The van der Waals surface area contributed by atoms with Gasteiger partial charge in [0, 0.05) is 13.0 Å². The number of benzene rings is 1. The molecule has 4 nitrogen and oxygen atoms in total. The largest absolute Gasteiger partial charge is 0.467 e. The van der Waals surface area contributed by atoms with Crippen molar-refractivity contribution in [3.8, 4) is 0 Å². The Balaban J connectivity index is 1.96. The Kier molecular flexibility index (Phi) is 3.56. The summed E-state index contributed by atoms with van der Waals surface area (Å²) in [6.45, 7) is 3.04. The van der Waals surface area contributed by atoms with Crippen LogP contribution >= 0.6 is 0 Å². The third kappa shape index (κ3) is 2.34. The van der Waals surface area contributed by atoms with Crippen LogP contribution in [0.3, 0.4) is 0 Å². The molecule has 104 valence electrons. The van der Waals surface area contributed by atoms with Gasteiger partial charge in [0.25, 0.3) is 0 Å². The van der Waals surface area contributed by atoms with Crippen molar-refractivity contribution in [2.75, 3.05) is 0 Å². The van der Waals surface area contributed by atoms with Gasteiger partial charge >= 0.3 is 0 Å². The van der Waals surface area contributed by atoms with E-state index >= 15 is 0 Å². The predicted octanol–water partition coefficient (Wildman–Crippen LogP) is 3.32. The second kappa shape index (κ2) is 5.51. The number of fused-ring (bicyclic) bond motifs is 1. The van der Waals surface area contributed by atoms with E-state index in [1.807, 2.05) is 18.2 Å². The molecule has 1 aromatic carbocycles. The number of hydrogen-bond acceptors (Lipinski definition) is 3. The molecule has 4 heteroatoms. The standard InChI is InChI=1S/C16H18N2O2/c1-2-9-18-13-7-4-3-6-12(13)17-16(18)11-14(19)15-8-5-10-20-15/h3-8,10,14,19H,2,9,11H2,1H3. The van der Waals surface area contributed by atoms with E-state index in [1.165, 1.54) is 0 Å². The molecule has 0 aliphatic carbocycles. The van der Waals surface area contributed by atoms with Crippen LogP contribution in [0.25, 0.3) is 11.0 Å². The first-order valence-corrected chi connectivity index (χ1v) is 6.95. The molecule has 0 saturated heterocycles. The van der Waals surface area contributed by atoms with E-state index in [9.17, 15) is 5.11 Å². The van der Waals surface area contributed by atoms with Crippen LogP contribution in [0.15, 0.2) is 47.1 Å². The monoisotopic (exact) mass is 270 g/mol. The van der Waals surface area contributed by atoms with Gasteiger partial charge in [-0.3, -0.25) is 0 Å². The molecule has 3 rings (SSSR count). The highest BCUT2D eigenvalue weighted by molar-refractivity contribution is 5.75. The quantitative estimate of drug-likeness (QED) is 0.773. The molecule has 0 spiro atoms. The Labute approximate surface area is 117 Å². The van der Waals surface area contributed by atoms with Crippen molar-refractivity contribution in [1.82, 2.24) is 9.55 Å².